The number of anilines is 1. The lowest BCUT2D eigenvalue weighted by Gasteiger charge is -2.23. The lowest BCUT2D eigenvalue weighted by molar-refractivity contribution is -0.121. The molecule has 2 heterocycles. The molecule has 2 aliphatic rings. The standard InChI is InChI=1S/C27H23FN4O2S/c1-17-7-13-21(14-8-17)29-25(33)16-24-26(34)30-27(35-24)32-23(19-5-3-2-4-6-19)15-22(31-32)18-9-11-20(28)12-10-18/h2-14,23-24H,15-16H2,1H3,(H,29,33)/t23-,24+/m1/s1. The summed E-state index contributed by atoms with van der Waals surface area (Å²) >= 11 is 1.25. The Kier molecular flexibility index (Phi) is 6.46. The van der Waals surface area contributed by atoms with Crippen LogP contribution in [0.1, 0.15) is 35.6 Å². The Morgan fingerprint density at radius 2 is 1.77 bits per heavy atom. The number of aliphatic imine (C=N–C) groups is 1. The van der Waals surface area contributed by atoms with Crippen molar-refractivity contribution in [2.75, 3.05) is 5.32 Å². The van der Waals surface area contributed by atoms with Gasteiger partial charge in [-0.1, -0.05) is 71.9 Å². The number of nitrogens with one attached hydrogen (secondary N) is 1. The Morgan fingerprint density at radius 1 is 1.06 bits per heavy atom. The summed E-state index contributed by atoms with van der Waals surface area (Å²) < 4.78 is 13.4. The second-order valence-corrected chi connectivity index (χ2v) is 9.66. The van der Waals surface area contributed by atoms with Crippen LogP contribution in [0.4, 0.5) is 10.1 Å². The van der Waals surface area contributed by atoms with Gasteiger partial charge in [-0.25, -0.2) is 9.40 Å². The van der Waals surface area contributed by atoms with E-state index in [1.54, 1.807) is 17.1 Å². The van der Waals surface area contributed by atoms with Crippen molar-refractivity contribution in [3.05, 3.63) is 101 Å². The molecule has 3 aromatic carbocycles. The second-order valence-electron chi connectivity index (χ2n) is 8.49. The molecule has 5 rings (SSSR count). The van der Waals surface area contributed by atoms with Crippen LogP contribution in [-0.4, -0.2) is 33.0 Å². The maximum Gasteiger partial charge on any atom is 0.262 e. The number of rotatable bonds is 5. The summed E-state index contributed by atoms with van der Waals surface area (Å²) in [7, 11) is 0. The third kappa shape index (κ3) is 5.17. The smallest absolute Gasteiger partial charge is 0.262 e. The predicted octanol–water partition coefficient (Wildman–Crippen LogP) is 5.31. The third-order valence-corrected chi connectivity index (χ3v) is 7.05. The number of hydrogen-bond acceptors (Lipinski definition) is 5. The van der Waals surface area contributed by atoms with Crippen molar-refractivity contribution >= 4 is 40.1 Å². The summed E-state index contributed by atoms with van der Waals surface area (Å²) in [5.41, 5.74) is 4.43. The van der Waals surface area contributed by atoms with E-state index < -0.39 is 5.25 Å². The van der Waals surface area contributed by atoms with Crippen molar-refractivity contribution in [2.45, 2.75) is 31.1 Å². The van der Waals surface area contributed by atoms with Gasteiger partial charge in [-0.15, -0.1) is 0 Å². The minimum absolute atomic E-state index is 0.0166. The van der Waals surface area contributed by atoms with Gasteiger partial charge >= 0.3 is 0 Å². The van der Waals surface area contributed by atoms with Crippen molar-refractivity contribution in [3.63, 3.8) is 0 Å². The highest BCUT2D eigenvalue weighted by molar-refractivity contribution is 8.15. The number of thioether (sulfide) groups is 1. The van der Waals surface area contributed by atoms with Gasteiger partial charge in [0.15, 0.2) is 5.17 Å². The highest BCUT2D eigenvalue weighted by atomic mass is 32.2. The number of carbonyl (C=O) groups is 2. The average Bonchev–Trinajstić information content (AvgIpc) is 3.46. The molecule has 6 nitrogen and oxygen atoms in total. The number of benzene rings is 3. The molecular formula is C27H23FN4O2S. The van der Waals surface area contributed by atoms with Crippen LogP contribution >= 0.6 is 11.8 Å². The van der Waals surface area contributed by atoms with Crippen molar-refractivity contribution in [3.8, 4) is 0 Å². The van der Waals surface area contributed by atoms with E-state index in [1.807, 2.05) is 61.5 Å². The molecule has 3 aromatic rings. The zero-order valence-corrected chi connectivity index (χ0v) is 19.8. The van der Waals surface area contributed by atoms with Gasteiger partial charge in [0.25, 0.3) is 5.91 Å². The van der Waals surface area contributed by atoms with Gasteiger partial charge in [0.1, 0.15) is 11.1 Å². The summed E-state index contributed by atoms with van der Waals surface area (Å²) in [6, 6.07) is 23.4. The summed E-state index contributed by atoms with van der Waals surface area (Å²) in [6.07, 6.45) is 0.602. The second kappa shape index (κ2) is 9.84. The highest BCUT2D eigenvalue weighted by Gasteiger charge is 2.39. The first-order valence-corrected chi connectivity index (χ1v) is 12.2. The van der Waals surface area contributed by atoms with Gasteiger partial charge in [-0.05, 0) is 42.3 Å². The number of hydrogen-bond donors (Lipinski definition) is 1. The van der Waals surface area contributed by atoms with E-state index in [9.17, 15) is 14.0 Å². The summed E-state index contributed by atoms with van der Waals surface area (Å²) in [5, 5.41) is 9.23. The van der Waals surface area contributed by atoms with Crippen LogP contribution in [0, 0.1) is 12.7 Å². The topological polar surface area (TPSA) is 74.1 Å². The lowest BCUT2D eigenvalue weighted by atomic mass is 9.99. The number of amides is 2. The van der Waals surface area contributed by atoms with E-state index in [1.165, 1.54) is 23.9 Å². The van der Waals surface area contributed by atoms with Crippen LogP contribution < -0.4 is 5.32 Å². The number of nitrogens with zero attached hydrogens (tertiary/aromatic N) is 3. The molecule has 1 N–H and O–H groups in total. The van der Waals surface area contributed by atoms with Gasteiger partial charge in [-0.3, -0.25) is 9.59 Å². The average molecular weight is 487 g/mol. The van der Waals surface area contributed by atoms with E-state index in [4.69, 9.17) is 5.10 Å². The van der Waals surface area contributed by atoms with E-state index in [-0.39, 0.29) is 30.1 Å². The molecule has 0 saturated carbocycles. The molecule has 0 aromatic heterocycles. The molecule has 2 amide bonds. The largest absolute Gasteiger partial charge is 0.326 e. The number of hydrazone groups is 1. The Labute approximate surface area is 207 Å². The minimum atomic E-state index is -0.614. The number of aryl methyl sites for hydroxylation is 1. The third-order valence-electron chi connectivity index (χ3n) is 5.90. The number of amidine groups is 1. The lowest BCUT2D eigenvalue weighted by Crippen LogP contribution is -2.25. The zero-order chi connectivity index (χ0) is 24.4. The molecule has 176 valence electrons. The fourth-order valence-electron chi connectivity index (χ4n) is 4.06. The van der Waals surface area contributed by atoms with Crippen molar-refractivity contribution in [1.29, 1.82) is 0 Å². The Morgan fingerprint density at radius 3 is 2.49 bits per heavy atom. The molecule has 0 spiro atoms. The van der Waals surface area contributed by atoms with Crippen LogP contribution in [0.2, 0.25) is 0 Å². The van der Waals surface area contributed by atoms with Gasteiger partial charge in [0.05, 0.1) is 11.8 Å². The maximum absolute atomic E-state index is 13.4. The van der Waals surface area contributed by atoms with Crippen LogP contribution in [0.25, 0.3) is 0 Å². The van der Waals surface area contributed by atoms with Crippen molar-refractivity contribution in [1.82, 2.24) is 5.01 Å². The van der Waals surface area contributed by atoms with Crippen LogP contribution in [-0.2, 0) is 9.59 Å². The first-order valence-electron chi connectivity index (χ1n) is 11.3. The monoisotopic (exact) mass is 486 g/mol. The molecule has 2 aliphatic heterocycles. The van der Waals surface area contributed by atoms with Gasteiger partial charge < -0.3 is 5.32 Å². The van der Waals surface area contributed by atoms with Gasteiger partial charge in [0, 0.05) is 18.5 Å². The molecule has 0 fully saturated rings. The molecular weight excluding hydrogens is 463 g/mol. The normalized spacial score (nSPS) is 19.5. The van der Waals surface area contributed by atoms with Crippen LogP contribution in [0.15, 0.2) is 89.0 Å². The summed E-state index contributed by atoms with van der Waals surface area (Å²) in [4.78, 5) is 29.5. The molecule has 2 atom stereocenters. The zero-order valence-electron chi connectivity index (χ0n) is 19.0. The maximum atomic E-state index is 13.4. The summed E-state index contributed by atoms with van der Waals surface area (Å²) in [6.45, 7) is 1.98. The Bertz CT molecular complexity index is 1310. The SMILES string of the molecule is Cc1ccc(NC(=O)C[C@@H]2SC(N3N=C(c4ccc(F)cc4)C[C@@H]3c3ccccc3)=NC2=O)cc1. The van der Waals surface area contributed by atoms with E-state index in [2.05, 4.69) is 10.3 Å². The highest BCUT2D eigenvalue weighted by Crippen LogP contribution is 2.38. The molecule has 35 heavy (non-hydrogen) atoms. The van der Waals surface area contributed by atoms with E-state index >= 15 is 0 Å². The molecule has 0 radical (unpaired) electrons. The fraction of sp³-hybridized carbons (Fsp3) is 0.185. The molecule has 0 aliphatic carbocycles. The number of halogens is 1. The van der Waals surface area contributed by atoms with Gasteiger partial charge in [0.2, 0.25) is 5.91 Å². The van der Waals surface area contributed by atoms with E-state index in [0.29, 0.717) is 17.3 Å². The number of carbonyl (C=O) groups excluding carboxylic acids is 2. The first-order chi connectivity index (χ1) is 17.0. The molecule has 8 heteroatoms. The predicted molar refractivity (Wildman–Crippen MR) is 137 cm³/mol. The fourth-order valence-corrected chi connectivity index (χ4v) is 5.12. The van der Waals surface area contributed by atoms with Crippen molar-refractivity contribution in [2.24, 2.45) is 10.1 Å². The van der Waals surface area contributed by atoms with Gasteiger partial charge in [-0.2, -0.15) is 10.1 Å². The van der Waals surface area contributed by atoms with Crippen LogP contribution in [0.5, 0.6) is 0 Å². The van der Waals surface area contributed by atoms with E-state index in [0.717, 1.165) is 22.4 Å². The molecule has 0 bridgehead atoms. The molecule has 0 saturated heterocycles. The quantitative estimate of drug-likeness (QED) is 0.530. The minimum Gasteiger partial charge on any atom is -0.326 e. The first kappa shape index (κ1) is 23.0. The van der Waals surface area contributed by atoms with Crippen molar-refractivity contribution < 1.29 is 14.0 Å². The summed E-state index contributed by atoms with van der Waals surface area (Å²) in [5.74, 6) is -0.897. The Hall–Kier alpha value is -3.78. The Balaban J connectivity index is 1.33. The van der Waals surface area contributed by atoms with Crippen LogP contribution in [0.3, 0.4) is 0 Å². The molecule has 0 unspecified atom stereocenters.